The summed E-state index contributed by atoms with van der Waals surface area (Å²) >= 11 is 1.93. The monoisotopic (exact) mass is 225 g/mol. The van der Waals surface area contributed by atoms with Crippen LogP contribution in [-0.2, 0) is 12.0 Å². The fraction of sp³-hybridized carbons (Fsp3) is 0.692. The first-order chi connectivity index (χ1) is 6.93. The summed E-state index contributed by atoms with van der Waals surface area (Å²) in [6, 6.07) is 5.13. The molecule has 0 bridgehead atoms. The van der Waals surface area contributed by atoms with Gasteiger partial charge in [0.2, 0.25) is 0 Å². The second-order valence-corrected chi connectivity index (χ2v) is 6.37. The van der Waals surface area contributed by atoms with E-state index >= 15 is 0 Å². The molecule has 0 aliphatic carbocycles. The zero-order valence-corrected chi connectivity index (χ0v) is 11.4. The van der Waals surface area contributed by atoms with Gasteiger partial charge >= 0.3 is 0 Å². The van der Waals surface area contributed by atoms with Crippen molar-refractivity contribution in [2.24, 2.45) is 0 Å². The molecule has 1 aromatic rings. The molecule has 86 valence electrons. The highest BCUT2D eigenvalue weighted by Gasteiger charge is 2.15. The molecule has 1 atom stereocenters. The average molecular weight is 225 g/mol. The van der Waals surface area contributed by atoms with Crippen LogP contribution in [0.4, 0.5) is 0 Å². The Morgan fingerprint density at radius 1 is 1.33 bits per heavy atom. The Kier molecular flexibility index (Phi) is 4.35. The summed E-state index contributed by atoms with van der Waals surface area (Å²) in [5, 5.41) is 3.52. The Morgan fingerprint density at radius 3 is 2.47 bits per heavy atom. The van der Waals surface area contributed by atoms with Crippen molar-refractivity contribution in [2.45, 2.75) is 59.0 Å². The highest BCUT2D eigenvalue weighted by atomic mass is 32.1. The third-order valence-electron chi connectivity index (χ3n) is 2.64. The maximum atomic E-state index is 3.52. The van der Waals surface area contributed by atoms with Gasteiger partial charge in [-0.05, 0) is 30.9 Å². The molecular weight excluding hydrogens is 202 g/mol. The van der Waals surface area contributed by atoms with Crippen LogP contribution < -0.4 is 5.32 Å². The van der Waals surface area contributed by atoms with Crippen LogP contribution in [0.1, 0.15) is 50.8 Å². The molecule has 1 aromatic heterocycles. The summed E-state index contributed by atoms with van der Waals surface area (Å²) in [6.07, 6.45) is 1.19. The van der Waals surface area contributed by atoms with E-state index in [0.717, 1.165) is 6.54 Å². The smallest absolute Gasteiger partial charge is 0.0302 e. The van der Waals surface area contributed by atoms with Crippen molar-refractivity contribution >= 4 is 11.3 Å². The number of hydrogen-bond donors (Lipinski definition) is 1. The zero-order chi connectivity index (χ0) is 11.5. The minimum Gasteiger partial charge on any atom is -0.309 e. The quantitative estimate of drug-likeness (QED) is 0.818. The third-order valence-corrected chi connectivity index (χ3v) is 4.15. The first kappa shape index (κ1) is 12.7. The van der Waals surface area contributed by atoms with Crippen LogP contribution in [0.2, 0.25) is 0 Å². The Balaban J connectivity index is 2.54. The van der Waals surface area contributed by atoms with Crippen molar-refractivity contribution in [2.75, 3.05) is 0 Å². The van der Waals surface area contributed by atoms with E-state index in [-0.39, 0.29) is 0 Å². The lowest BCUT2D eigenvalue weighted by Crippen LogP contribution is -2.23. The lowest BCUT2D eigenvalue weighted by Gasteiger charge is -2.15. The Morgan fingerprint density at radius 2 is 2.00 bits per heavy atom. The first-order valence-electron chi connectivity index (χ1n) is 5.76. The summed E-state index contributed by atoms with van der Waals surface area (Å²) < 4.78 is 0. The van der Waals surface area contributed by atoms with E-state index in [9.17, 15) is 0 Å². The fourth-order valence-corrected chi connectivity index (χ4v) is 2.31. The molecule has 0 saturated carbocycles. The normalized spacial score (nSPS) is 14.2. The maximum absolute atomic E-state index is 3.52. The van der Waals surface area contributed by atoms with E-state index in [1.54, 1.807) is 0 Å². The largest absolute Gasteiger partial charge is 0.309 e. The molecule has 0 aliphatic heterocycles. The van der Waals surface area contributed by atoms with Crippen LogP contribution in [0.3, 0.4) is 0 Å². The van der Waals surface area contributed by atoms with Gasteiger partial charge in [0.15, 0.2) is 0 Å². The second-order valence-electron chi connectivity index (χ2n) is 5.21. The summed E-state index contributed by atoms with van der Waals surface area (Å²) in [5.74, 6) is 0. The van der Waals surface area contributed by atoms with Crippen molar-refractivity contribution in [1.82, 2.24) is 5.32 Å². The molecule has 1 heterocycles. The van der Waals surface area contributed by atoms with Gasteiger partial charge in [-0.3, -0.25) is 0 Å². The molecule has 0 spiro atoms. The van der Waals surface area contributed by atoms with Crippen LogP contribution in [0.5, 0.6) is 0 Å². The van der Waals surface area contributed by atoms with E-state index < -0.39 is 0 Å². The molecule has 0 fully saturated rings. The second kappa shape index (κ2) is 5.13. The molecule has 1 unspecified atom stereocenters. The highest BCUT2D eigenvalue weighted by Crippen LogP contribution is 2.29. The third kappa shape index (κ3) is 3.96. The van der Waals surface area contributed by atoms with Gasteiger partial charge in [-0.15, -0.1) is 11.3 Å². The summed E-state index contributed by atoms with van der Waals surface area (Å²) in [5.41, 5.74) is 0.291. The van der Waals surface area contributed by atoms with Crippen LogP contribution >= 0.6 is 11.3 Å². The van der Waals surface area contributed by atoms with E-state index in [0.29, 0.717) is 11.5 Å². The molecule has 2 heteroatoms. The number of nitrogens with one attached hydrogen (secondary N) is 1. The minimum absolute atomic E-state index is 0.291. The standard InChI is InChI=1S/C13H23NS/c1-6-10(2)14-9-11-7-8-12(15-11)13(3,4)5/h7-8,10,14H,6,9H2,1-5H3. The van der Waals surface area contributed by atoms with Crippen molar-refractivity contribution in [3.63, 3.8) is 0 Å². The Labute approximate surface area is 97.9 Å². The van der Waals surface area contributed by atoms with Crippen molar-refractivity contribution < 1.29 is 0 Å². The van der Waals surface area contributed by atoms with Gasteiger partial charge < -0.3 is 5.32 Å². The summed E-state index contributed by atoms with van der Waals surface area (Å²) in [6.45, 7) is 12.3. The molecular formula is C13H23NS. The molecule has 1 rings (SSSR count). The average Bonchev–Trinajstić information content (AvgIpc) is 2.61. The molecule has 0 saturated heterocycles. The van der Waals surface area contributed by atoms with Crippen molar-refractivity contribution in [1.29, 1.82) is 0 Å². The van der Waals surface area contributed by atoms with Crippen LogP contribution in [0.15, 0.2) is 12.1 Å². The predicted molar refractivity (Wildman–Crippen MR) is 69.6 cm³/mol. The van der Waals surface area contributed by atoms with Gasteiger partial charge in [0.05, 0.1) is 0 Å². The fourth-order valence-electron chi connectivity index (χ4n) is 1.30. The van der Waals surface area contributed by atoms with E-state index in [1.807, 2.05) is 11.3 Å². The first-order valence-corrected chi connectivity index (χ1v) is 6.57. The topological polar surface area (TPSA) is 12.0 Å². The lowest BCUT2D eigenvalue weighted by atomic mass is 9.95. The van der Waals surface area contributed by atoms with Crippen molar-refractivity contribution in [3.8, 4) is 0 Å². The summed E-state index contributed by atoms with van der Waals surface area (Å²) in [7, 11) is 0. The van der Waals surface area contributed by atoms with E-state index in [4.69, 9.17) is 0 Å². The molecule has 1 N–H and O–H groups in total. The molecule has 0 amide bonds. The molecule has 0 aromatic carbocycles. The van der Waals surface area contributed by atoms with Crippen LogP contribution in [0.25, 0.3) is 0 Å². The lowest BCUT2D eigenvalue weighted by molar-refractivity contribution is 0.537. The minimum atomic E-state index is 0.291. The van der Waals surface area contributed by atoms with Gasteiger partial charge in [0, 0.05) is 22.3 Å². The van der Waals surface area contributed by atoms with Gasteiger partial charge in [-0.25, -0.2) is 0 Å². The van der Waals surface area contributed by atoms with Gasteiger partial charge in [0.1, 0.15) is 0 Å². The van der Waals surface area contributed by atoms with Gasteiger partial charge in [0.25, 0.3) is 0 Å². The molecule has 15 heavy (non-hydrogen) atoms. The highest BCUT2D eigenvalue weighted by molar-refractivity contribution is 7.12. The van der Waals surface area contributed by atoms with E-state index in [2.05, 4.69) is 52.1 Å². The molecule has 0 aliphatic rings. The van der Waals surface area contributed by atoms with Crippen LogP contribution in [0, 0.1) is 0 Å². The van der Waals surface area contributed by atoms with E-state index in [1.165, 1.54) is 16.2 Å². The number of thiophene rings is 1. The van der Waals surface area contributed by atoms with Gasteiger partial charge in [-0.1, -0.05) is 27.7 Å². The Hall–Kier alpha value is -0.340. The zero-order valence-electron chi connectivity index (χ0n) is 10.6. The Bertz CT molecular complexity index is 296. The molecule has 1 nitrogen and oxygen atoms in total. The SMILES string of the molecule is CCC(C)NCc1ccc(C(C)(C)C)s1. The maximum Gasteiger partial charge on any atom is 0.0302 e. The summed E-state index contributed by atoms with van der Waals surface area (Å²) in [4.78, 5) is 2.92. The van der Waals surface area contributed by atoms with Crippen molar-refractivity contribution in [3.05, 3.63) is 21.9 Å². The van der Waals surface area contributed by atoms with Gasteiger partial charge in [-0.2, -0.15) is 0 Å². The molecule has 0 radical (unpaired) electrons. The number of hydrogen-bond acceptors (Lipinski definition) is 2. The number of rotatable bonds is 4. The van der Waals surface area contributed by atoms with Crippen LogP contribution in [-0.4, -0.2) is 6.04 Å². The predicted octanol–water partition coefficient (Wildman–Crippen LogP) is 3.93.